The minimum absolute atomic E-state index is 0.140. The summed E-state index contributed by atoms with van der Waals surface area (Å²) < 4.78 is 16.5. The van der Waals surface area contributed by atoms with Crippen LogP contribution in [0.15, 0.2) is 97.2 Å². The van der Waals surface area contributed by atoms with Crippen molar-refractivity contribution in [2.45, 2.75) is 187 Å². The maximum absolute atomic E-state index is 12.7. The molecule has 316 valence electrons. The number of carbonyl (C=O) groups is 3. The fourth-order valence-corrected chi connectivity index (χ4v) is 5.49. The zero-order valence-corrected chi connectivity index (χ0v) is 35.9. The Kier molecular flexibility index (Phi) is 41.2. The molecule has 0 aliphatic carbocycles. The van der Waals surface area contributed by atoms with E-state index in [0.29, 0.717) is 19.3 Å². The molecule has 0 N–H and O–H groups in total. The van der Waals surface area contributed by atoms with Gasteiger partial charge in [0, 0.05) is 19.3 Å². The first kappa shape index (κ1) is 52.3. The number of unbranched alkanes of at least 4 members (excludes halogenated alkanes) is 11. The molecule has 1 atom stereocenters. The van der Waals surface area contributed by atoms with Gasteiger partial charge in [-0.15, -0.1) is 0 Å². The van der Waals surface area contributed by atoms with E-state index in [2.05, 4.69) is 99.8 Å². The first-order valence-corrected chi connectivity index (χ1v) is 22.2. The number of allylic oxidation sites excluding steroid dienone is 16. The van der Waals surface area contributed by atoms with Crippen molar-refractivity contribution in [3.8, 4) is 0 Å². The SMILES string of the molecule is CC/C=C\C/C=C\C/C=C\C/C=C\C/C=C\CCC(=O)OCC(COC(=O)CCC/C=C\CCCCCC)OC(=O)CC/C=C\C/C=C\CCCCCCCC. The van der Waals surface area contributed by atoms with Crippen molar-refractivity contribution in [3.05, 3.63) is 97.2 Å². The number of hydrogen-bond acceptors (Lipinski definition) is 6. The maximum atomic E-state index is 12.7. The van der Waals surface area contributed by atoms with Crippen molar-refractivity contribution < 1.29 is 28.6 Å². The van der Waals surface area contributed by atoms with Crippen LogP contribution >= 0.6 is 0 Å². The third-order valence-electron chi connectivity index (χ3n) is 8.82. The van der Waals surface area contributed by atoms with E-state index in [4.69, 9.17) is 14.2 Å². The van der Waals surface area contributed by atoms with Crippen LogP contribution in [0.1, 0.15) is 181 Å². The Bertz CT molecular complexity index is 1170. The lowest BCUT2D eigenvalue weighted by Crippen LogP contribution is -2.30. The molecule has 0 rings (SSSR count). The van der Waals surface area contributed by atoms with Crippen LogP contribution in [-0.2, 0) is 28.6 Å². The lowest BCUT2D eigenvalue weighted by molar-refractivity contribution is -0.166. The summed E-state index contributed by atoms with van der Waals surface area (Å²) in [7, 11) is 0. The van der Waals surface area contributed by atoms with Crippen LogP contribution in [0.3, 0.4) is 0 Å². The molecule has 6 nitrogen and oxygen atoms in total. The van der Waals surface area contributed by atoms with Gasteiger partial charge in [-0.25, -0.2) is 0 Å². The van der Waals surface area contributed by atoms with Crippen molar-refractivity contribution in [1.29, 1.82) is 0 Å². The molecule has 6 heteroatoms. The molecule has 0 bridgehead atoms. The summed E-state index contributed by atoms with van der Waals surface area (Å²) in [6, 6.07) is 0. The summed E-state index contributed by atoms with van der Waals surface area (Å²) in [5.74, 6) is -1.14. The molecule has 0 aliphatic rings. The van der Waals surface area contributed by atoms with Crippen LogP contribution in [0.5, 0.6) is 0 Å². The van der Waals surface area contributed by atoms with Gasteiger partial charge in [-0.2, -0.15) is 0 Å². The second-order valence-electron chi connectivity index (χ2n) is 14.2. The third kappa shape index (κ3) is 41.5. The Morgan fingerprint density at radius 3 is 1.23 bits per heavy atom. The van der Waals surface area contributed by atoms with Crippen molar-refractivity contribution >= 4 is 17.9 Å². The van der Waals surface area contributed by atoms with Gasteiger partial charge in [0.05, 0.1) is 0 Å². The molecule has 56 heavy (non-hydrogen) atoms. The van der Waals surface area contributed by atoms with Crippen molar-refractivity contribution in [2.75, 3.05) is 13.2 Å². The Morgan fingerprint density at radius 1 is 0.375 bits per heavy atom. The quantitative estimate of drug-likeness (QED) is 0.0269. The minimum atomic E-state index is -0.846. The summed E-state index contributed by atoms with van der Waals surface area (Å²) in [5.41, 5.74) is 0. The largest absolute Gasteiger partial charge is 0.462 e. The standard InChI is InChI=1S/C50H80O6/c1-4-7-10-13-16-19-21-23-24-25-27-28-31-34-37-40-43-49(52)55-46-47(45-54-48(51)42-39-36-33-30-18-15-12-9-6-3)56-50(53)44-41-38-35-32-29-26-22-20-17-14-11-8-5-2/h7,10,16,19,23-24,26-30,33-35,37-38,47H,4-6,8-9,11-15,17-18,20-22,25,31-32,36,39-46H2,1-3H3/b10-7-,19-16-,24-23-,28-27-,29-26-,33-30-,37-34-,38-35-. The molecule has 0 saturated carbocycles. The van der Waals surface area contributed by atoms with Gasteiger partial charge < -0.3 is 14.2 Å². The van der Waals surface area contributed by atoms with Crippen LogP contribution < -0.4 is 0 Å². The van der Waals surface area contributed by atoms with Gasteiger partial charge in [0.25, 0.3) is 0 Å². The van der Waals surface area contributed by atoms with Crippen molar-refractivity contribution in [1.82, 2.24) is 0 Å². The topological polar surface area (TPSA) is 78.9 Å². The summed E-state index contributed by atoms with van der Waals surface area (Å²) >= 11 is 0. The van der Waals surface area contributed by atoms with Gasteiger partial charge >= 0.3 is 17.9 Å². The van der Waals surface area contributed by atoms with Crippen molar-refractivity contribution in [2.24, 2.45) is 0 Å². The Balaban J connectivity index is 4.59. The highest BCUT2D eigenvalue weighted by molar-refractivity contribution is 5.71. The second kappa shape index (κ2) is 44.0. The van der Waals surface area contributed by atoms with E-state index in [0.717, 1.165) is 57.8 Å². The predicted molar refractivity (Wildman–Crippen MR) is 237 cm³/mol. The third-order valence-corrected chi connectivity index (χ3v) is 8.82. The molecule has 0 fully saturated rings. The van der Waals surface area contributed by atoms with Gasteiger partial charge in [-0.1, -0.05) is 169 Å². The van der Waals surface area contributed by atoms with Crippen LogP contribution in [-0.4, -0.2) is 37.2 Å². The molecular weight excluding hydrogens is 697 g/mol. The van der Waals surface area contributed by atoms with E-state index in [1.807, 2.05) is 18.2 Å². The molecule has 0 heterocycles. The summed E-state index contributed by atoms with van der Waals surface area (Å²) in [5, 5.41) is 0. The molecule has 0 aromatic carbocycles. The summed E-state index contributed by atoms with van der Waals surface area (Å²) in [6.45, 7) is 6.30. The van der Waals surface area contributed by atoms with Crippen LogP contribution in [0, 0.1) is 0 Å². The van der Waals surface area contributed by atoms with Gasteiger partial charge in [-0.3, -0.25) is 14.4 Å². The smallest absolute Gasteiger partial charge is 0.306 e. The normalized spacial score (nSPS) is 13.0. The fraction of sp³-hybridized carbons (Fsp3) is 0.620. The number of rotatable bonds is 38. The van der Waals surface area contributed by atoms with E-state index >= 15 is 0 Å². The van der Waals surface area contributed by atoms with Crippen LogP contribution in [0.4, 0.5) is 0 Å². The van der Waals surface area contributed by atoms with Gasteiger partial charge in [0.2, 0.25) is 0 Å². The lowest BCUT2D eigenvalue weighted by atomic mass is 10.1. The monoisotopic (exact) mass is 777 g/mol. The molecule has 0 aliphatic heterocycles. The van der Waals surface area contributed by atoms with Gasteiger partial charge in [-0.05, 0) is 89.9 Å². The van der Waals surface area contributed by atoms with Gasteiger partial charge in [0.15, 0.2) is 6.10 Å². The zero-order valence-electron chi connectivity index (χ0n) is 35.9. The Labute approximate surface area is 343 Å². The van der Waals surface area contributed by atoms with E-state index in [9.17, 15) is 14.4 Å². The molecule has 0 amide bonds. The lowest BCUT2D eigenvalue weighted by Gasteiger charge is -2.18. The van der Waals surface area contributed by atoms with Crippen molar-refractivity contribution in [3.63, 3.8) is 0 Å². The number of ether oxygens (including phenoxy) is 3. The minimum Gasteiger partial charge on any atom is -0.462 e. The highest BCUT2D eigenvalue weighted by Crippen LogP contribution is 2.09. The van der Waals surface area contributed by atoms with E-state index < -0.39 is 12.1 Å². The summed E-state index contributed by atoms with van der Waals surface area (Å²) in [6.07, 6.45) is 57.1. The first-order chi connectivity index (χ1) is 27.5. The number of carbonyl (C=O) groups excluding carboxylic acids is 3. The Morgan fingerprint density at radius 2 is 0.732 bits per heavy atom. The second-order valence-corrected chi connectivity index (χ2v) is 14.2. The van der Waals surface area contributed by atoms with Crippen LogP contribution in [0.25, 0.3) is 0 Å². The molecule has 0 spiro atoms. The predicted octanol–water partition coefficient (Wildman–Crippen LogP) is 14.2. The van der Waals surface area contributed by atoms with E-state index in [1.54, 1.807) is 0 Å². The molecule has 0 aromatic heterocycles. The van der Waals surface area contributed by atoms with Crippen LogP contribution in [0.2, 0.25) is 0 Å². The maximum Gasteiger partial charge on any atom is 0.306 e. The molecule has 0 radical (unpaired) electrons. The molecule has 1 unspecified atom stereocenters. The average Bonchev–Trinajstić information content (AvgIpc) is 3.19. The number of hydrogen-bond donors (Lipinski definition) is 0. The van der Waals surface area contributed by atoms with E-state index in [-0.39, 0.29) is 44.4 Å². The summed E-state index contributed by atoms with van der Waals surface area (Å²) in [4.78, 5) is 37.6. The molecule has 0 aromatic rings. The highest BCUT2D eigenvalue weighted by atomic mass is 16.6. The molecular formula is C50H80O6. The zero-order chi connectivity index (χ0) is 40.8. The first-order valence-electron chi connectivity index (χ1n) is 22.2. The van der Waals surface area contributed by atoms with Gasteiger partial charge in [0.1, 0.15) is 13.2 Å². The fourth-order valence-electron chi connectivity index (χ4n) is 5.49. The number of esters is 3. The Hall–Kier alpha value is -3.67. The highest BCUT2D eigenvalue weighted by Gasteiger charge is 2.19. The molecule has 0 saturated heterocycles. The van der Waals surface area contributed by atoms with E-state index in [1.165, 1.54) is 64.2 Å². The average molecular weight is 777 g/mol.